The van der Waals surface area contributed by atoms with Crippen LogP contribution < -0.4 is 16.0 Å². The van der Waals surface area contributed by atoms with Gasteiger partial charge in [0.25, 0.3) is 11.8 Å². The van der Waals surface area contributed by atoms with E-state index in [1.807, 2.05) is 55.7 Å². The molecule has 1 aliphatic heterocycles. The van der Waals surface area contributed by atoms with E-state index in [4.69, 9.17) is 28.7 Å². The van der Waals surface area contributed by atoms with Gasteiger partial charge in [0.05, 0.1) is 70.3 Å². The summed E-state index contributed by atoms with van der Waals surface area (Å²) >= 11 is 1.20. The zero-order valence-electron chi connectivity index (χ0n) is 44.2. The van der Waals surface area contributed by atoms with Crippen molar-refractivity contribution in [3.05, 3.63) is 89.9 Å². The van der Waals surface area contributed by atoms with Crippen LogP contribution in [0.1, 0.15) is 84.7 Å². The zero-order chi connectivity index (χ0) is 55.7. The highest BCUT2D eigenvalue weighted by atomic mass is 32.2. The minimum Gasteiger partial charge on any atom is -0.480 e. The van der Waals surface area contributed by atoms with Gasteiger partial charge >= 0.3 is 12.1 Å². The monoisotopic (exact) mass is 1090 g/mol. The van der Waals surface area contributed by atoms with E-state index in [-0.39, 0.29) is 113 Å². The summed E-state index contributed by atoms with van der Waals surface area (Å²) in [6.07, 6.45) is 3.59. The van der Waals surface area contributed by atoms with Crippen LogP contribution in [-0.2, 0) is 59.0 Å². The van der Waals surface area contributed by atoms with Crippen LogP contribution in [0.25, 0.3) is 11.3 Å². The number of halogens is 2. The molecule has 0 unspecified atom stereocenters. The first-order valence-corrected chi connectivity index (χ1v) is 26.3. The molecule has 0 spiro atoms. The van der Waals surface area contributed by atoms with Crippen LogP contribution in [-0.4, -0.2) is 168 Å². The molecule has 0 aliphatic carbocycles. The number of benzene rings is 2. The van der Waals surface area contributed by atoms with Crippen molar-refractivity contribution in [3.63, 3.8) is 0 Å². The van der Waals surface area contributed by atoms with E-state index in [1.54, 1.807) is 31.9 Å². The summed E-state index contributed by atoms with van der Waals surface area (Å²) in [7, 11) is 0. The van der Waals surface area contributed by atoms with E-state index in [1.165, 1.54) is 23.9 Å². The third kappa shape index (κ3) is 22.5. The van der Waals surface area contributed by atoms with Gasteiger partial charge in [-0.3, -0.25) is 28.9 Å². The number of aliphatic carboxylic acids is 1. The number of carboxylic acids is 1. The topological polar surface area (TPSA) is 246 Å². The Bertz CT molecular complexity index is 2390. The van der Waals surface area contributed by atoms with Crippen molar-refractivity contribution in [1.29, 1.82) is 0 Å². The molecule has 0 saturated heterocycles. The number of carbonyl (C=O) groups excluding carboxylic acids is 6. The number of nitrogens with zero attached hydrogens (tertiary/aromatic N) is 4. The Morgan fingerprint density at radius 1 is 0.789 bits per heavy atom. The van der Waals surface area contributed by atoms with Crippen molar-refractivity contribution in [1.82, 2.24) is 35.3 Å². The minimum atomic E-state index is -1.24. The number of aromatic nitrogens is 2. The van der Waals surface area contributed by atoms with Gasteiger partial charge in [0.15, 0.2) is 0 Å². The molecule has 20 nitrogen and oxygen atoms in total. The number of hydrogen-bond donors (Lipinski definition) is 4. The Kier molecular flexibility index (Phi) is 26.0. The largest absolute Gasteiger partial charge is 0.480 e. The summed E-state index contributed by atoms with van der Waals surface area (Å²) in [5, 5.41) is 17.9. The molecule has 0 saturated carbocycles. The second-order valence-electron chi connectivity index (χ2n) is 19.6. The normalized spacial score (nSPS) is 13.4. The summed E-state index contributed by atoms with van der Waals surface area (Å²) in [5.41, 5.74) is -0.375. The number of imidazole rings is 1. The Morgan fingerprint density at radius 3 is 2.04 bits per heavy atom. The number of rotatable bonds is 34. The summed E-state index contributed by atoms with van der Waals surface area (Å²) in [6, 6.07) is 10.7. The van der Waals surface area contributed by atoms with Crippen LogP contribution in [0.15, 0.2) is 66.9 Å². The Balaban J connectivity index is 1.22. The van der Waals surface area contributed by atoms with E-state index < -0.39 is 64.5 Å². The number of imide groups is 1. The quantitative estimate of drug-likeness (QED) is 0.0439. The molecule has 4 N–H and O–H groups in total. The smallest absolute Gasteiger partial charge is 0.407 e. The van der Waals surface area contributed by atoms with Crippen molar-refractivity contribution in [2.75, 3.05) is 90.5 Å². The molecule has 23 heteroatoms. The predicted molar refractivity (Wildman–Crippen MR) is 279 cm³/mol. The number of hydrogen-bond acceptors (Lipinski definition) is 14. The lowest BCUT2D eigenvalue weighted by molar-refractivity contribution is -0.142. The number of thioether (sulfide) groups is 1. The predicted octanol–water partition coefficient (Wildman–Crippen LogP) is 5.29. The highest BCUT2D eigenvalue weighted by molar-refractivity contribution is 7.99. The van der Waals surface area contributed by atoms with Crippen LogP contribution >= 0.6 is 11.8 Å². The summed E-state index contributed by atoms with van der Waals surface area (Å²) in [6.45, 7) is 13.8. The van der Waals surface area contributed by atoms with Crippen LogP contribution in [0, 0.1) is 17.0 Å². The van der Waals surface area contributed by atoms with Crippen LogP contribution in [0.3, 0.4) is 0 Å². The first kappa shape index (κ1) is 62.3. The first-order chi connectivity index (χ1) is 36.1. The molecule has 2 aromatic carbocycles. The molecule has 418 valence electrons. The maximum Gasteiger partial charge on any atom is 0.407 e. The molecule has 1 aliphatic rings. The van der Waals surface area contributed by atoms with Crippen LogP contribution in [0.5, 0.6) is 0 Å². The number of nitrogens with one attached hydrogen (secondary N) is 3. The molecule has 0 radical (unpaired) electrons. The third-order valence-electron chi connectivity index (χ3n) is 11.2. The maximum absolute atomic E-state index is 15.3. The van der Waals surface area contributed by atoms with Crippen molar-refractivity contribution < 1.29 is 71.1 Å². The third-order valence-corrected chi connectivity index (χ3v) is 12.2. The number of carbonyl (C=O) groups is 7. The molecule has 2 atom stereocenters. The number of amides is 6. The molecular formula is C53H73F2N7O13S. The van der Waals surface area contributed by atoms with Crippen molar-refractivity contribution in [2.45, 2.75) is 91.5 Å². The molecule has 2 heterocycles. The van der Waals surface area contributed by atoms with Gasteiger partial charge in [-0.1, -0.05) is 51.1 Å². The Morgan fingerprint density at radius 2 is 1.42 bits per heavy atom. The number of carboxylic acid groups (broad SMARTS) is 1. The van der Waals surface area contributed by atoms with E-state index >= 15 is 4.39 Å². The number of alkyl carbamates (subject to hydrolysis) is 1. The van der Waals surface area contributed by atoms with Gasteiger partial charge in [0.2, 0.25) is 17.7 Å². The fourth-order valence-electron chi connectivity index (χ4n) is 7.63. The van der Waals surface area contributed by atoms with Crippen LogP contribution in [0.4, 0.5) is 13.6 Å². The Hall–Kier alpha value is -6.27. The second-order valence-corrected chi connectivity index (χ2v) is 20.7. The molecule has 6 amide bonds. The molecular weight excluding hydrogens is 1010 g/mol. The average Bonchev–Trinajstić information content (AvgIpc) is 3.91. The van der Waals surface area contributed by atoms with Gasteiger partial charge in [0, 0.05) is 69.5 Å². The zero-order valence-corrected chi connectivity index (χ0v) is 45.1. The minimum absolute atomic E-state index is 0.00242. The average molecular weight is 1090 g/mol. The first-order valence-electron chi connectivity index (χ1n) is 25.2. The fraction of sp³-hybridized carbons (Fsp3) is 0.547. The molecule has 76 heavy (non-hydrogen) atoms. The second kappa shape index (κ2) is 31.7. The van der Waals surface area contributed by atoms with Gasteiger partial charge in [-0.2, -0.15) is 11.8 Å². The van der Waals surface area contributed by atoms with Crippen molar-refractivity contribution in [2.24, 2.45) is 5.41 Å². The maximum atomic E-state index is 15.3. The lowest BCUT2D eigenvalue weighted by atomic mass is 9.84. The number of ether oxygens (including phenoxy) is 5. The molecule has 0 bridgehead atoms. The van der Waals surface area contributed by atoms with Gasteiger partial charge < -0.3 is 54.2 Å². The van der Waals surface area contributed by atoms with E-state index in [0.717, 1.165) is 28.7 Å². The lowest BCUT2D eigenvalue weighted by Gasteiger charge is -2.40. The van der Waals surface area contributed by atoms with E-state index in [9.17, 15) is 43.1 Å². The molecule has 0 fully saturated rings. The summed E-state index contributed by atoms with van der Waals surface area (Å²) in [5.74, 6) is -4.02. The highest BCUT2D eigenvalue weighted by Gasteiger charge is 2.38. The molecule has 1 aromatic heterocycles. The van der Waals surface area contributed by atoms with Crippen molar-refractivity contribution in [3.8, 4) is 11.3 Å². The van der Waals surface area contributed by atoms with Gasteiger partial charge in [-0.05, 0) is 68.5 Å². The molecule has 3 aromatic rings. The van der Waals surface area contributed by atoms with E-state index in [2.05, 4.69) is 16.0 Å². The van der Waals surface area contributed by atoms with Gasteiger partial charge in [-0.25, -0.2) is 23.4 Å². The summed E-state index contributed by atoms with van der Waals surface area (Å²) < 4.78 is 58.9. The fourth-order valence-corrected chi connectivity index (χ4v) is 8.52. The van der Waals surface area contributed by atoms with E-state index in [0.29, 0.717) is 38.6 Å². The van der Waals surface area contributed by atoms with Gasteiger partial charge in [0.1, 0.15) is 29.1 Å². The standard InChI is InChI=1S/C53H73F2N7O13S/c1-52(2,3)48(49-59-42(39-33-38(54)13-14-40(39)55)35-60(49)34-37-11-8-7-9-12-37)62(22-10-20-57-51(70)75-53(4,5)6)47(67)36-76-32-19-41(50(68)69)58-44(64)18-24-71-26-28-73-30-31-74-29-27-72-25-21-56-43(63)17-23-61-45(65)15-16-46(61)66/h7-9,11-16,33,35,41,48H,10,17-32,34,36H2,1-6H3,(H,56,63)(H,57,70)(H,58,64)(H,68,69)/t41-,48-/m0/s1. The van der Waals surface area contributed by atoms with Crippen molar-refractivity contribution >= 4 is 53.4 Å². The lowest BCUT2D eigenvalue weighted by Crippen LogP contribution is -2.45. The Labute approximate surface area is 446 Å². The summed E-state index contributed by atoms with van der Waals surface area (Å²) in [4.78, 5) is 94.6. The van der Waals surface area contributed by atoms with Crippen LogP contribution in [0.2, 0.25) is 0 Å². The molecule has 4 rings (SSSR count). The highest BCUT2D eigenvalue weighted by Crippen LogP contribution is 2.40. The van der Waals surface area contributed by atoms with Gasteiger partial charge in [-0.15, -0.1) is 0 Å². The SMILES string of the molecule is CC(C)(C)OC(=O)NCCCN(C(=O)CSCC[C@H](NC(=O)CCOCCOCCOCCOCCNC(=O)CCN1C(=O)C=CC1=O)C(=O)O)[C@@H](c1nc(-c2cc(F)ccc2F)cn1Cc1ccccc1)C(C)(C)C.